The van der Waals surface area contributed by atoms with Crippen molar-refractivity contribution in [3.63, 3.8) is 0 Å². The van der Waals surface area contributed by atoms with Gasteiger partial charge in [-0.15, -0.1) is 6.58 Å². The van der Waals surface area contributed by atoms with Gasteiger partial charge in [0.2, 0.25) is 10.0 Å². The number of nitrogens with one attached hydrogen (secondary N) is 2. The lowest BCUT2D eigenvalue weighted by Crippen LogP contribution is -2.27. The Morgan fingerprint density at radius 1 is 1.50 bits per heavy atom. The van der Waals surface area contributed by atoms with E-state index in [2.05, 4.69) is 16.3 Å². The molecular formula is C12H18N2O4S2. The molecule has 0 aliphatic heterocycles. The van der Waals surface area contributed by atoms with Gasteiger partial charge in [-0.2, -0.15) is 11.8 Å². The van der Waals surface area contributed by atoms with Crippen LogP contribution in [0.1, 0.15) is 21.7 Å². The average Bonchev–Trinajstić information content (AvgIpc) is 2.65. The fourth-order valence-electron chi connectivity index (χ4n) is 1.84. The minimum atomic E-state index is -3.71. The highest BCUT2D eigenvalue weighted by Gasteiger charge is 2.25. The first kappa shape index (κ1) is 16.8. The molecule has 0 aliphatic rings. The normalized spacial score (nSPS) is 11.5. The monoisotopic (exact) mass is 318 g/mol. The van der Waals surface area contributed by atoms with E-state index in [1.54, 1.807) is 24.8 Å². The molecule has 1 aromatic heterocycles. The average molecular weight is 318 g/mol. The summed E-state index contributed by atoms with van der Waals surface area (Å²) in [7, 11) is -3.71. The number of aromatic carboxylic acids is 1. The molecule has 1 rings (SSSR count). The Hall–Kier alpha value is -1.25. The second-order valence-corrected chi connectivity index (χ2v) is 7.00. The molecule has 1 heterocycles. The van der Waals surface area contributed by atoms with Gasteiger partial charge in [0.1, 0.15) is 10.6 Å². The molecule has 6 nitrogen and oxygen atoms in total. The molecule has 1 aromatic rings. The quantitative estimate of drug-likeness (QED) is 0.498. The van der Waals surface area contributed by atoms with Gasteiger partial charge in [-0.05, 0) is 13.8 Å². The van der Waals surface area contributed by atoms with Gasteiger partial charge >= 0.3 is 5.97 Å². The number of carbonyl (C=O) groups is 1. The third-order valence-corrected chi connectivity index (χ3v) is 5.32. The molecule has 0 atom stereocenters. The third-order valence-electron chi connectivity index (χ3n) is 2.63. The van der Waals surface area contributed by atoms with Crippen LogP contribution < -0.4 is 4.72 Å². The summed E-state index contributed by atoms with van der Waals surface area (Å²) < 4.78 is 26.9. The number of aromatic nitrogens is 1. The second kappa shape index (κ2) is 6.96. The van der Waals surface area contributed by atoms with Crippen molar-refractivity contribution in [1.82, 2.24) is 9.71 Å². The fraction of sp³-hybridized carbons (Fsp3) is 0.417. The number of rotatable bonds is 8. The van der Waals surface area contributed by atoms with Crippen LogP contribution in [0.3, 0.4) is 0 Å². The van der Waals surface area contributed by atoms with Crippen LogP contribution in [0.5, 0.6) is 0 Å². The lowest BCUT2D eigenvalue weighted by Gasteiger charge is -2.07. The first-order valence-electron chi connectivity index (χ1n) is 5.92. The van der Waals surface area contributed by atoms with E-state index >= 15 is 0 Å². The Morgan fingerprint density at radius 3 is 2.65 bits per heavy atom. The van der Waals surface area contributed by atoms with Crippen molar-refractivity contribution in [3.05, 3.63) is 29.6 Å². The van der Waals surface area contributed by atoms with Crippen molar-refractivity contribution in [2.75, 3.05) is 18.1 Å². The molecule has 0 amide bonds. The minimum absolute atomic E-state index is 0.0172. The SMILES string of the molecule is C=CCSCCNS(=O)(=O)c1c(C)[nH]c(C(=O)O)c1C. The van der Waals surface area contributed by atoms with E-state index in [4.69, 9.17) is 5.11 Å². The summed E-state index contributed by atoms with van der Waals surface area (Å²) in [6, 6.07) is 0. The molecule has 20 heavy (non-hydrogen) atoms. The van der Waals surface area contributed by atoms with Gasteiger partial charge in [0.05, 0.1) is 0 Å². The highest BCUT2D eigenvalue weighted by atomic mass is 32.2. The summed E-state index contributed by atoms with van der Waals surface area (Å²) in [6.07, 6.45) is 1.75. The van der Waals surface area contributed by atoms with E-state index in [0.29, 0.717) is 11.4 Å². The van der Waals surface area contributed by atoms with Crippen LogP contribution in [0, 0.1) is 13.8 Å². The standard InChI is InChI=1S/C12H18N2O4S2/c1-4-6-19-7-5-13-20(17,18)11-8(2)10(12(15)16)14-9(11)3/h4,13-14H,1,5-7H2,2-3H3,(H,15,16). The Labute approximate surface area is 122 Å². The number of H-pyrrole nitrogens is 1. The summed E-state index contributed by atoms with van der Waals surface area (Å²) in [5.74, 6) is 0.209. The molecule has 0 aromatic carbocycles. The first-order valence-corrected chi connectivity index (χ1v) is 8.55. The number of aryl methyl sites for hydroxylation is 1. The van der Waals surface area contributed by atoms with Gasteiger partial charge in [-0.1, -0.05) is 6.08 Å². The predicted octanol–water partition coefficient (Wildman–Crippen LogP) is 1.53. The summed E-state index contributed by atoms with van der Waals surface area (Å²) >= 11 is 1.56. The van der Waals surface area contributed by atoms with Gasteiger partial charge in [0.25, 0.3) is 0 Å². The van der Waals surface area contributed by atoms with Gasteiger partial charge in [0.15, 0.2) is 0 Å². The van der Waals surface area contributed by atoms with Gasteiger partial charge in [-0.25, -0.2) is 17.9 Å². The zero-order valence-corrected chi connectivity index (χ0v) is 13.0. The Morgan fingerprint density at radius 2 is 2.15 bits per heavy atom. The smallest absolute Gasteiger partial charge is 0.352 e. The zero-order chi connectivity index (χ0) is 15.3. The van der Waals surface area contributed by atoms with Crippen LogP contribution >= 0.6 is 11.8 Å². The van der Waals surface area contributed by atoms with Crippen LogP contribution in [-0.4, -0.2) is 42.5 Å². The fourth-order valence-corrected chi connectivity index (χ4v) is 4.02. The molecule has 0 radical (unpaired) electrons. The number of hydrogen-bond acceptors (Lipinski definition) is 4. The molecule has 8 heteroatoms. The maximum Gasteiger partial charge on any atom is 0.352 e. The lowest BCUT2D eigenvalue weighted by atomic mass is 10.2. The maximum atomic E-state index is 12.2. The van der Waals surface area contributed by atoms with Crippen molar-refractivity contribution >= 4 is 27.8 Å². The Kier molecular flexibility index (Phi) is 5.85. The molecule has 0 aliphatic carbocycles. The van der Waals surface area contributed by atoms with Crippen LogP contribution in [-0.2, 0) is 10.0 Å². The van der Waals surface area contributed by atoms with Gasteiger partial charge < -0.3 is 10.1 Å². The summed E-state index contributed by atoms with van der Waals surface area (Å²) in [5, 5.41) is 8.98. The number of hydrogen-bond donors (Lipinski definition) is 3. The molecule has 0 unspecified atom stereocenters. The molecule has 0 saturated carbocycles. The molecule has 0 bridgehead atoms. The number of carboxylic acids is 1. The molecular weight excluding hydrogens is 300 g/mol. The van der Waals surface area contributed by atoms with Crippen molar-refractivity contribution in [1.29, 1.82) is 0 Å². The van der Waals surface area contributed by atoms with Crippen LogP contribution in [0.25, 0.3) is 0 Å². The largest absolute Gasteiger partial charge is 0.477 e. The highest BCUT2D eigenvalue weighted by Crippen LogP contribution is 2.22. The summed E-state index contributed by atoms with van der Waals surface area (Å²) in [6.45, 7) is 6.89. The Balaban J connectivity index is 2.88. The van der Waals surface area contributed by atoms with Crippen molar-refractivity contribution < 1.29 is 18.3 Å². The minimum Gasteiger partial charge on any atom is -0.477 e. The first-order chi connectivity index (χ1) is 9.31. The number of aromatic amines is 1. The lowest BCUT2D eigenvalue weighted by molar-refractivity contribution is 0.0690. The molecule has 0 saturated heterocycles. The van der Waals surface area contributed by atoms with E-state index in [1.807, 2.05) is 0 Å². The van der Waals surface area contributed by atoms with Crippen molar-refractivity contribution in [2.24, 2.45) is 0 Å². The van der Waals surface area contributed by atoms with Crippen molar-refractivity contribution in [3.8, 4) is 0 Å². The summed E-state index contributed by atoms with van der Waals surface area (Å²) in [5.41, 5.74) is 0.455. The van der Waals surface area contributed by atoms with E-state index in [-0.39, 0.29) is 22.7 Å². The van der Waals surface area contributed by atoms with E-state index in [1.165, 1.54) is 6.92 Å². The Bertz CT molecular complexity index is 605. The highest BCUT2D eigenvalue weighted by molar-refractivity contribution is 7.99. The van der Waals surface area contributed by atoms with E-state index in [0.717, 1.165) is 5.75 Å². The molecule has 0 fully saturated rings. The van der Waals surface area contributed by atoms with Gasteiger partial charge in [0, 0.05) is 29.3 Å². The van der Waals surface area contributed by atoms with E-state index < -0.39 is 16.0 Å². The van der Waals surface area contributed by atoms with Crippen LogP contribution in [0.2, 0.25) is 0 Å². The maximum absolute atomic E-state index is 12.2. The molecule has 112 valence electrons. The third kappa shape index (κ3) is 3.87. The van der Waals surface area contributed by atoms with E-state index in [9.17, 15) is 13.2 Å². The number of sulfonamides is 1. The number of thioether (sulfide) groups is 1. The van der Waals surface area contributed by atoms with Crippen molar-refractivity contribution in [2.45, 2.75) is 18.7 Å². The topological polar surface area (TPSA) is 99.3 Å². The predicted molar refractivity (Wildman–Crippen MR) is 79.9 cm³/mol. The van der Waals surface area contributed by atoms with Crippen LogP contribution in [0.15, 0.2) is 17.6 Å². The second-order valence-electron chi connectivity index (χ2n) is 4.15. The van der Waals surface area contributed by atoms with Crippen LogP contribution in [0.4, 0.5) is 0 Å². The molecule has 3 N–H and O–H groups in total. The van der Waals surface area contributed by atoms with Gasteiger partial charge in [-0.3, -0.25) is 0 Å². The molecule has 0 spiro atoms. The number of carboxylic acid groups (broad SMARTS) is 1. The summed E-state index contributed by atoms with van der Waals surface area (Å²) in [4.78, 5) is 13.6. The zero-order valence-electron chi connectivity index (χ0n) is 11.4.